The number of aliphatic hydroxyl groups excluding tert-OH is 1. The van der Waals surface area contributed by atoms with E-state index < -0.39 is 0 Å². The van der Waals surface area contributed by atoms with Crippen molar-refractivity contribution in [1.29, 1.82) is 0 Å². The van der Waals surface area contributed by atoms with Gasteiger partial charge in [-0.2, -0.15) is 0 Å². The van der Waals surface area contributed by atoms with E-state index in [1.54, 1.807) is 12.7 Å². The first-order valence-corrected chi connectivity index (χ1v) is 24.9. The lowest BCUT2D eigenvalue weighted by Gasteiger charge is -2.32. The summed E-state index contributed by atoms with van der Waals surface area (Å²) >= 11 is 0. The largest absolute Gasteiger partial charge is 0.462 e. The summed E-state index contributed by atoms with van der Waals surface area (Å²) in [4.78, 5) is 25.5. The van der Waals surface area contributed by atoms with Gasteiger partial charge in [-0.25, -0.2) is 0 Å². The highest BCUT2D eigenvalue weighted by Gasteiger charge is 2.26. The maximum atomic E-state index is 12.5. The fraction of sp³-hybridized carbons (Fsp3) is 0.778. The van der Waals surface area contributed by atoms with Crippen molar-refractivity contribution in [2.45, 2.75) is 228 Å². The second-order valence-corrected chi connectivity index (χ2v) is 18.2. The zero-order chi connectivity index (χ0) is 44.5. The lowest BCUT2D eigenvalue weighted by atomic mass is 9.72. The van der Waals surface area contributed by atoms with E-state index in [9.17, 15) is 9.59 Å². The molecule has 0 aromatic rings. The molecule has 0 aliphatic heterocycles. The Morgan fingerprint density at radius 3 is 1.97 bits per heavy atom. The fourth-order valence-corrected chi connectivity index (χ4v) is 8.04. The van der Waals surface area contributed by atoms with Crippen LogP contribution in [-0.4, -0.2) is 68.3 Å². The summed E-state index contributed by atoms with van der Waals surface area (Å²) in [5, 5.41) is 9.08. The molecule has 0 aromatic heterocycles. The van der Waals surface area contributed by atoms with Crippen molar-refractivity contribution in [2.75, 3.05) is 40.0 Å². The summed E-state index contributed by atoms with van der Waals surface area (Å²) in [6.45, 7) is 20.0. The molecule has 0 fully saturated rings. The number of carbonyl (C=O) groups excluding carboxylic acids is 2. The Bertz CT molecular complexity index is 1190. The molecule has 60 heavy (non-hydrogen) atoms. The number of allylic oxidation sites excluding steroid dienone is 9. The van der Waals surface area contributed by atoms with Crippen LogP contribution in [0.5, 0.6) is 0 Å². The van der Waals surface area contributed by atoms with E-state index in [2.05, 4.69) is 89.8 Å². The highest BCUT2D eigenvalue weighted by Crippen LogP contribution is 2.40. The van der Waals surface area contributed by atoms with Crippen LogP contribution in [0.1, 0.15) is 222 Å². The molecule has 1 N–H and O–H groups in total. The van der Waals surface area contributed by atoms with E-state index in [1.165, 1.54) is 100 Å². The smallest absolute Gasteiger partial charge is 0.306 e. The second kappa shape index (κ2) is 40.8. The minimum absolute atomic E-state index is 0.00688. The number of nitrogens with zero attached hydrogens (tertiary/aromatic N) is 1. The third kappa shape index (κ3) is 34.3. The summed E-state index contributed by atoms with van der Waals surface area (Å²) in [7, 11) is 1.74. The van der Waals surface area contributed by atoms with Crippen LogP contribution in [0.3, 0.4) is 0 Å². The van der Waals surface area contributed by atoms with Gasteiger partial charge in [0.25, 0.3) is 0 Å². The molecule has 1 unspecified atom stereocenters. The molecule has 1 aliphatic rings. The lowest BCUT2D eigenvalue weighted by Crippen LogP contribution is -2.27. The standard InChI is InChI=1S/C32H63NO4.C22H34O/c1-3-5-7-9-10-16-24-31(23-15-8-6-4-2)37-32(36)25-17-11-12-18-26-33(28-20-22-30-35)27-19-13-14-21-29-34;1-18(12-9-17-23-6)10-7-11-19(2)14-15-21-20(3)13-8-16-22(21,4)5/h29,31,35H,3-28,30H2,1-2H3;7,10-12,14-15H,8-9,13,16-17H2,1-6H3/b;10-7+,15-14+,18-12+,19-11+. The minimum Gasteiger partial charge on any atom is -0.462 e. The van der Waals surface area contributed by atoms with Gasteiger partial charge in [0.2, 0.25) is 0 Å². The summed E-state index contributed by atoms with van der Waals surface area (Å²) < 4.78 is 11.0. The molecule has 0 aromatic carbocycles. The van der Waals surface area contributed by atoms with Gasteiger partial charge in [0.05, 0.1) is 0 Å². The molecule has 0 saturated heterocycles. The van der Waals surface area contributed by atoms with Gasteiger partial charge >= 0.3 is 5.97 Å². The highest BCUT2D eigenvalue weighted by molar-refractivity contribution is 5.69. The van der Waals surface area contributed by atoms with Crippen LogP contribution in [-0.2, 0) is 19.1 Å². The summed E-state index contributed by atoms with van der Waals surface area (Å²) in [5.74, 6) is 0.00688. The van der Waals surface area contributed by atoms with E-state index in [0.29, 0.717) is 18.3 Å². The van der Waals surface area contributed by atoms with Crippen LogP contribution in [0.4, 0.5) is 0 Å². The number of unbranched alkanes of at least 4 members (excludes halogenated alkanes) is 15. The Kier molecular flexibility index (Phi) is 39.2. The molecular formula is C54H97NO5. The predicted molar refractivity (Wildman–Crippen MR) is 260 cm³/mol. The number of aliphatic hydroxyl groups is 1. The van der Waals surface area contributed by atoms with Crippen molar-refractivity contribution in [3.63, 3.8) is 0 Å². The van der Waals surface area contributed by atoms with E-state index in [-0.39, 0.29) is 18.7 Å². The first-order valence-electron chi connectivity index (χ1n) is 24.9. The van der Waals surface area contributed by atoms with Gasteiger partial charge in [-0.05, 0) is 141 Å². The predicted octanol–water partition coefficient (Wildman–Crippen LogP) is 15.0. The van der Waals surface area contributed by atoms with Gasteiger partial charge < -0.3 is 24.3 Å². The van der Waals surface area contributed by atoms with Crippen LogP contribution < -0.4 is 0 Å². The molecule has 0 heterocycles. The zero-order valence-corrected chi connectivity index (χ0v) is 40.8. The number of methoxy groups -OCH3 is 1. The van der Waals surface area contributed by atoms with Gasteiger partial charge in [-0.15, -0.1) is 0 Å². The van der Waals surface area contributed by atoms with E-state index in [4.69, 9.17) is 14.6 Å². The fourth-order valence-electron chi connectivity index (χ4n) is 8.04. The van der Waals surface area contributed by atoms with Crippen LogP contribution in [0.25, 0.3) is 0 Å². The third-order valence-electron chi connectivity index (χ3n) is 11.9. The number of carbonyl (C=O) groups is 2. The lowest BCUT2D eigenvalue weighted by molar-refractivity contribution is -0.150. The normalized spacial score (nSPS) is 15.2. The third-order valence-corrected chi connectivity index (χ3v) is 11.9. The first kappa shape index (κ1) is 57.7. The topological polar surface area (TPSA) is 76.1 Å². The zero-order valence-electron chi connectivity index (χ0n) is 40.8. The van der Waals surface area contributed by atoms with Crippen molar-refractivity contribution in [3.8, 4) is 0 Å². The van der Waals surface area contributed by atoms with Crippen molar-refractivity contribution >= 4 is 12.3 Å². The number of aldehydes is 1. The summed E-state index contributed by atoms with van der Waals surface area (Å²) in [5.41, 5.74) is 5.96. The average molecular weight is 840 g/mol. The van der Waals surface area contributed by atoms with Crippen LogP contribution >= 0.6 is 0 Å². The Balaban J connectivity index is 0.00000129. The molecule has 0 bridgehead atoms. The molecule has 1 atom stereocenters. The number of hydrogen-bond donors (Lipinski definition) is 1. The molecule has 1 aliphatic carbocycles. The van der Waals surface area contributed by atoms with Gasteiger partial charge in [0, 0.05) is 33.2 Å². The molecule has 0 spiro atoms. The average Bonchev–Trinajstić information content (AvgIpc) is 3.21. The number of rotatable bonds is 37. The Hall–Kier alpha value is -2.28. The number of esters is 1. The molecule has 0 radical (unpaired) electrons. The first-order chi connectivity index (χ1) is 29.0. The monoisotopic (exact) mass is 840 g/mol. The SMILES string of the molecule is CCCCCCCCC(CCCCCC)OC(=O)CCCCCCN(CCCCO)CCCCCC=O.COCC/C=C(C)/C=C/C=C(C)/C=C/C1=C(C)CCCC1(C)C. The Morgan fingerprint density at radius 2 is 1.35 bits per heavy atom. The van der Waals surface area contributed by atoms with E-state index in [0.717, 1.165) is 110 Å². The Morgan fingerprint density at radius 1 is 0.767 bits per heavy atom. The van der Waals surface area contributed by atoms with Crippen LogP contribution in [0.15, 0.2) is 58.7 Å². The van der Waals surface area contributed by atoms with Crippen molar-refractivity contribution in [1.82, 2.24) is 4.90 Å². The summed E-state index contributed by atoms with van der Waals surface area (Å²) in [6.07, 6.45) is 44.6. The van der Waals surface area contributed by atoms with E-state index >= 15 is 0 Å². The second-order valence-electron chi connectivity index (χ2n) is 18.2. The molecular weight excluding hydrogens is 743 g/mol. The van der Waals surface area contributed by atoms with Gasteiger partial charge in [-0.3, -0.25) is 4.79 Å². The molecule has 0 saturated carbocycles. The van der Waals surface area contributed by atoms with Crippen molar-refractivity contribution in [3.05, 3.63) is 58.7 Å². The summed E-state index contributed by atoms with van der Waals surface area (Å²) in [6, 6.07) is 0. The van der Waals surface area contributed by atoms with Gasteiger partial charge in [0.15, 0.2) is 0 Å². The number of ether oxygens (including phenoxy) is 2. The van der Waals surface area contributed by atoms with Crippen LogP contribution in [0.2, 0.25) is 0 Å². The minimum atomic E-state index is 0.00688. The van der Waals surface area contributed by atoms with Crippen molar-refractivity contribution < 1.29 is 24.2 Å². The van der Waals surface area contributed by atoms with Gasteiger partial charge in [0.1, 0.15) is 12.4 Å². The molecule has 0 amide bonds. The molecule has 1 rings (SSSR count). The maximum Gasteiger partial charge on any atom is 0.306 e. The van der Waals surface area contributed by atoms with Gasteiger partial charge in [-0.1, -0.05) is 151 Å². The molecule has 6 heteroatoms. The molecule has 348 valence electrons. The quantitative estimate of drug-likeness (QED) is 0.0291. The van der Waals surface area contributed by atoms with E-state index in [1.807, 2.05) is 0 Å². The van der Waals surface area contributed by atoms with Crippen LogP contribution in [0, 0.1) is 5.41 Å². The highest BCUT2D eigenvalue weighted by atomic mass is 16.5. The number of hydrogen-bond acceptors (Lipinski definition) is 6. The maximum absolute atomic E-state index is 12.5. The Labute approximate surface area is 372 Å². The van der Waals surface area contributed by atoms with Crippen molar-refractivity contribution in [2.24, 2.45) is 5.41 Å². The molecule has 6 nitrogen and oxygen atoms in total.